The summed E-state index contributed by atoms with van der Waals surface area (Å²) in [5.74, 6) is -1.30. The summed E-state index contributed by atoms with van der Waals surface area (Å²) in [6, 6.07) is 1.73. The number of carbonyl (C=O) groups is 2. The van der Waals surface area contributed by atoms with Crippen LogP contribution in [0, 0.1) is 10.1 Å². The molecular formula is C19H26F3N7O6S. The molecule has 1 atom stereocenters. The molecule has 0 aliphatic carbocycles. The Morgan fingerprint density at radius 2 is 1.83 bits per heavy atom. The average Bonchev–Trinajstić information content (AvgIpc) is 2.79. The molecule has 17 heteroatoms. The Balaban J connectivity index is 2.20. The molecule has 4 N–H and O–H groups in total. The standard InChI is InChI=1S/C19H26F3N7O6S/c1-13(30)27-8-10-28(11-9-27)17(31)16(6-3-7-24-18(23)25-29(32)33)26-36(34,35)15-5-2-4-14(12-15)19(20,21)22/h2,4-5,12,16,26H,3,6-11H2,1H3,(H3,23,24,25)/t16-/m0/s1. The number of rotatable bonds is 9. The van der Waals surface area contributed by atoms with Gasteiger partial charge in [0.1, 0.15) is 6.04 Å². The summed E-state index contributed by atoms with van der Waals surface area (Å²) in [4.78, 5) is 40.9. The van der Waals surface area contributed by atoms with Crippen molar-refractivity contribution in [2.75, 3.05) is 32.7 Å². The fourth-order valence-electron chi connectivity index (χ4n) is 3.41. The monoisotopic (exact) mass is 537 g/mol. The molecule has 0 bridgehead atoms. The molecule has 0 spiro atoms. The van der Waals surface area contributed by atoms with Gasteiger partial charge in [0.2, 0.25) is 21.8 Å². The van der Waals surface area contributed by atoms with Crippen molar-refractivity contribution in [2.24, 2.45) is 10.7 Å². The van der Waals surface area contributed by atoms with E-state index in [0.29, 0.717) is 6.07 Å². The zero-order chi connectivity index (χ0) is 27.1. The maximum Gasteiger partial charge on any atom is 0.416 e. The van der Waals surface area contributed by atoms with Crippen LogP contribution in [0.5, 0.6) is 0 Å². The highest BCUT2D eigenvalue weighted by Crippen LogP contribution is 2.30. The Kier molecular flexibility index (Phi) is 9.57. The summed E-state index contributed by atoms with van der Waals surface area (Å²) >= 11 is 0. The van der Waals surface area contributed by atoms with Crippen LogP contribution < -0.4 is 15.9 Å². The molecular weight excluding hydrogens is 511 g/mol. The summed E-state index contributed by atoms with van der Waals surface area (Å²) in [6.07, 6.45) is -4.83. The van der Waals surface area contributed by atoms with Gasteiger partial charge in [-0.1, -0.05) is 11.5 Å². The van der Waals surface area contributed by atoms with E-state index in [-0.39, 0.29) is 51.5 Å². The minimum Gasteiger partial charge on any atom is -0.365 e. The van der Waals surface area contributed by atoms with Crippen molar-refractivity contribution in [3.63, 3.8) is 0 Å². The van der Waals surface area contributed by atoms with Crippen LogP contribution in [0.4, 0.5) is 13.2 Å². The van der Waals surface area contributed by atoms with E-state index in [1.807, 2.05) is 0 Å². The van der Waals surface area contributed by atoms with E-state index >= 15 is 0 Å². The Hall–Kier alpha value is -3.47. The number of aliphatic imine (C=N–C) groups is 1. The fraction of sp³-hybridized carbons (Fsp3) is 0.526. The molecule has 1 saturated heterocycles. The van der Waals surface area contributed by atoms with Crippen LogP contribution in [0.3, 0.4) is 0 Å². The van der Waals surface area contributed by atoms with Gasteiger partial charge in [0.25, 0.3) is 5.96 Å². The first kappa shape index (κ1) is 28.8. The number of sulfonamides is 1. The second-order valence-electron chi connectivity index (χ2n) is 7.81. The van der Waals surface area contributed by atoms with Gasteiger partial charge in [-0.05, 0) is 31.0 Å². The molecule has 1 fully saturated rings. The molecule has 2 rings (SSSR count). The van der Waals surface area contributed by atoms with Crippen LogP contribution in [-0.4, -0.2) is 79.8 Å². The second-order valence-corrected chi connectivity index (χ2v) is 9.52. The normalized spacial score (nSPS) is 15.9. The lowest BCUT2D eigenvalue weighted by molar-refractivity contribution is -0.525. The predicted molar refractivity (Wildman–Crippen MR) is 120 cm³/mol. The molecule has 13 nitrogen and oxygen atoms in total. The minimum absolute atomic E-state index is 0.0645. The molecule has 0 radical (unpaired) electrons. The van der Waals surface area contributed by atoms with Gasteiger partial charge in [-0.3, -0.25) is 9.59 Å². The second kappa shape index (κ2) is 12.0. The number of piperazine rings is 1. The molecule has 1 aliphatic rings. The van der Waals surface area contributed by atoms with Crippen LogP contribution in [-0.2, 0) is 25.8 Å². The van der Waals surface area contributed by atoms with E-state index in [4.69, 9.17) is 5.73 Å². The SMILES string of the molecule is CC(=O)N1CCN(C(=O)[C@H](CCCN=C(N)N[N+](=O)[O-])NS(=O)(=O)c2cccc(C(F)(F)F)c2)CC1. The topological polar surface area (TPSA) is 180 Å². The van der Waals surface area contributed by atoms with Gasteiger partial charge in [-0.25, -0.2) is 23.5 Å². The van der Waals surface area contributed by atoms with E-state index in [9.17, 15) is 41.3 Å². The molecule has 0 aromatic heterocycles. The Bertz CT molecular complexity index is 1100. The summed E-state index contributed by atoms with van der Waals surface area (Å²) in [5.41, 5.74) is 5.78. The van der Waals surface area contributed by atoms with E-state index in [1.54, 1.807) is 5.43 Å². The largest absolute Gasteiger partial charge is 0.416 e. The third-order valence-corrected chi connectivity index (χ3v) is 6.71. The number of carbonyl (C=O) groups excluding carboxylic acids is 2. The third-order valence-electron chi connectivity index (χ3n) is 5.24. The van der Waals surface area contributed by atoms with Crippen LogP contribution in [0.1, 0.15) is 25.3 Å². The minimum atomic E-state index is -4.77. The zero-order valence-corrected chi connectivity index (χ0v) is 20.0. The zero-order valence-electron chi connectivity index (χ0n) is 19.2. The van der Waals surface area contributed by atoms with Crippen molar-refractivity contribution in [3.8, 4) is 0 Å². The van der Waals surface area contributed by atoms with E-state index < -0.39 is 49.6 Å². The Morgan fingerprint density at radius 1 is 1.22 bits per heavy atom. The fourth-order valence-corrected chi connectivity index (χ4v) is 4.68. The summed E-state index contributed by atoms with van der Waals surface area (Å²) in [5, 5.41) is 9.45. The first-order valence-electron chi connectivity index (χ1n) is 10.7. The van der Waals surface area contributed by atoms with Gasteiger partial charge < -0.3 is 15.5 Å². The van der Waals surface area contributed by atoms with E-state index in [2.05, 4.69) is 9.71 Å². The lowest BCUT2D eigenvalue weighted by Gasteiger charge is -2.36. The number of alkyl halides is 3. The van der Waals surface area contributed by atoms with Gasteiger partial charge in [-0.2, -0.15) is 17.9 Å². The number of hydrazine groups is 1. The Labute approximate surface area is 204 Å². The number of nitrogens with one attached hydrogen (secondary N) is 2. The number of guanidine groups is 1. The van der Waals surface area contributed by atoms with Crippen LogP contribution in [0.25, 0.3) is 0 Å². The molecule has 1 aromatic carbocycles. The number of nitrogens with zero attached hydrogens (tertiary/aromatic N) is 4. The van der Waals surface area contributed by atoms with Crippen LogP contribution in [0.15, 0.2) is 34.2 Å². The molecule has 2 amide bonds. The number of hydrogen-bond donors (Lipinski definition) is 3. The van der Waals surface area contributed by atoms with E-state index in [1.165, 1.54) is 16.7 Å². The van der Waals surface area contributed by atoms with Crippen molar-refractivity contribution in [1.29, 1.82) is 0 Å². The summed E-state index contributed by atoms with van der Waals surface area (Å²) < 4.78 is 67.1. The predicted octanol–water partition coefficient (Wildman–Crippen LogP) is -0.0808. The first-order chi connectivity index (χ1) is 16.7. The van der Waals surface area contributed by atoms with Gasteiger partial charge in [0.15, 0.2) is 5.03 Å². The number of halogens is 3. The highest BCUT2D eigenvalue weighted by atomic mass is 32.2. The average molecular weight is 538 g/mol. The van der Waals surface area contributed by atoms with Crippen molar-refractivity contribution < 1.29 is 36.2 Å². The molecule has 1 heterocycles. The number of nitrogens with two attached hydrogens (primary N) is 1. The van der Waals surface area contributed by atoms with Crippen molar-refractivity contribution in [3.05, 3.63) is 39.9 Å². The molecule has 200 valence electrons. The smallest absolute Gasteiger partial charge is 0.365 e. The van der Waals surface area contributed by atoms with Crippen LogP contribution >= 0.6 is 0 Å². The quantitative estimate of drug-likeness (QED) is 0.129. The molecule has 1 aliphatic heterocycles. The Morgan fingerprint density at radius 3 is 2.39 bits per heavy atom. The van der Waals surface area contributed by atoms with Gasteiger partial charge >= 0.3 is 6.18 Å². The third kappa shape index (κ3) is 8.33. The van der Waals surface area contributed by atoms with Crippen molar-refractivity contribution in [2.45, 2.75) is 36.9 Å². The lowest BCUT2D eigenvalue weighted by atomic mass is 10.1. The summed E-state index contributed by atoms with van der Waals surface area (Å²) in [7, 11) is -4.54. The van der Waals surface area contributed by atoms with Crippen LogP contribution in [0.2, 0.25) is 0 Å². The molecule has 0 saturated carbocycles. The highest BCUT2D eigenvalue weighted by Gasteiger charge is 2.34. The van der Waals surface area contributed by atoms with Gasteiger partial charge in [0.05, 0.1) is 10.5 Å². The lowest BCUT2D eigenvalue weighted by Crippen LogP contribution is -2.55. The summed E-state index contributed by atoms with van der Waals surface area (Å²) in [6.45, 7) is 2.03. The highest BCUT2D eigenvalue weighted by molar-refractivity contribution is 7.89. The molecule has 0 unspecified atom stereocenters. The molecule has 36 heavy (non-hydrogen) atoms. The first-order valence-corrected chi connectivity index (χ1v) is 12.1. The number of hydrogen-bond acceptors (Lipinski definition) is 7. The maximum absolute atomic E-state index is 13.1. The molecule has 1 aromatic rings. The van der Waals surface area contributed by atoms with Gasteiger partial charge in [-0.15, -0.1) is 0 Å². The van der Waals surface area contributed by atoms with Gasteiger partial charge in [0, 0.05) is 39.6 Å². The van der Waals surface area contributed by atoms with Crippen molar-refractivity contribution >= 4 is 27.8 Å². The van der Waals surface area contributed by atoms with E-state index in [0.717, 1.165) is 18.2 Å². The van der Waals surface area contributed by atoms with Crippen molar-refractivity contribution in [1.82, 2.24) is 19.9 Å². The number of amides is 2. The maximum atomic E-state index is 13.1. The number of benzene rings is 1. The number of nitro groups is 1.